The Bertz CT molecular complexity index is 332. The molecule has 1 heterocycles. The third kappa shape index (κ3) is 2.83. The summed E-state index contributed by atoms with van der Waals surface area (Å²) in [5, 5.41) is 12.0. The van der Waals surface area contributed by atoms with Crippen LogP contribution in [0.4, 0.5) is 0 Å². The first-order valence-corrected chi connectivity index (χ1v) is 6.80. The molecule has 1 amide bonds. The van der Waals surface area contributed by atoms with Crippen molar-refractivity contribution in [1.82, 2.24) is 10.2 Å². The van der Waals surface area contributed by atoms with E-state index in [1.807, 2.05) is 0 Å². The predicted octanol–water partition coefficient (Wildman–Crippen LogP) is 0.698. The first-order valence-electron chi connectivity index (χ1n) is 6.80. The lowest BCUT2D eigenvalue weighted by Crippen LogP contribution is -2.42. The van der Waals surface area contributed by atoms with Gasteiger partial charge in [-0.3, -0.25) is 9.59 Å². The van der Waals surface area contributed by atoms with Gasteiger partial charge in [-0.15, -0.1) is 0 Å². The summed E-state index contributed by atoms with van der Waals surface area (Å²) < 4.78 is 0. The molecule has 5 heteroatoms. The average molecular weight is 254 g/mol. The molecule has 0 spiro atoms. The van der Waals surface area contributed by atoms with Gasteiger partial charge in [-0.05, 0) is 39.3 Å². The minimum Gasteiger partial charge on any atom is -0.481 e. The molecule has 0 aromatic carbocycles. The van der Waals surface area contributed by atoms with Gasteiger partial charge in [0.25, 0.3) is 0 Å². The number of carbonyl (C=O) groups is 2. The van der Waals surface area contributed by atoms with Gasteiger partial charge in [0.05, 0.1) is 11.8 Å². The van der Waals surface area contributed by atoms with Crippen molar-refractivity contribution in [3.8, 4) is 0 Å². The summed E-state index contributed by atoms with van der Waals surface area (Å²) in [4.78, 5) is 25.3. The number of amides is 1. The largest absolute Gasteiger partial charge is 0.481 e. The number of nitrogens with zero attached hydrogens (tertiary/aromatic N) is 1. The Balaban J connectivity index is 1.82. The number of hydrogen-bond acceptors (Lipinski definition) is 3. The Morgan fingerprint density at radius 2 is 1.94 bits per heavy atom. The minimum atomic E-state index is -0.828. The van der Waals surface area contributed by atoms with Crippen LogP contribution in [-0.2, 0) is 9.59 Å². The van der Waals surface area contributed by atoms with Gasteiger partial charge < -0.3 is 15.3 Å². The Morgan fingerprint density at radius 3 is 2.56 bits per heavy atom. The molecular weight excluding hydrogens is 232 g/mol. The zero-order valence-corrected chi connectivity index (χ0v) is 10.9. The lowest BCUT2D eigenvalue weighted by atomic mass is 9.95. The molecule has 1 aliphatic carbocycles. The second-order valence-corrected chi connectivity index (χ2v) is 5.50. The van der Waals surface area contributed by atoms with Crippen molar-refractivity contribution in [1.29, 1.82) is 0 Å². The molecule has 0 bridgehead atoms. The van der Waals surface area contributed by atoms with Crippen molar-refractivity contribution < 1.29 is 14.7 Å². The van der Waals surface area contributed by atoms with E-state index in [0.717, 1.165) is 19.4 Å². The van der Waals surface area contributed by atoms with Gasteiger partial charge in [-0.25, -0.2) is 0 Å². The lowest BCUT2D eigenvalue weighted by Gasteiger charge is -2.22. The van der Waals surface area contributed by atoms with Crippen LogP contribution in [0.2, 0.25) is 0 Å². The highest BCUT2D eigenvalue weighted by Crippen LogP contribution is 2.32. The maximum atomic E-state index is 12.0. The second kappa shape index (κ2) is 5.69. The van der Waals surface area contributed by atoms with Crippen molar-refractivity contribution in [3.05, 3.63) is 0 Å². The molecule has 2 rings (SSSR count). The van der Waals surface area contributed by atoms with Crippen molar-refractivity contribution in [2.24, 2.45) is 11.8 Å². The summed E-state index contributed by atoms with van der Waals surface area (Å²) in [7, 11) is 2.07. The summed E-state index contributed by atoms with van der Waals surface area (Å²) in [5.41, 5.74) is 0. The fraction of sp³-hybridized carbons (Fsp3) is 0.846. The van der Waals surface area contributed by atoms with Crippen molar-refractivity contribution in [2.45, 2.75) is 38.1 Å². The molecule has 2 fully saturated rings. The Kier molecular flexibility index (Phi) is 4.22. The van der Waals surface area contributed by atoms with E-state index in [0.29, 0.717) is 25.4 Å². The number of likely N-dealkylation sites (tertiary alicyclic amines) is 1. The van der Waals surface area contributed by atoms with Crippen LogP contribution < -0.4 is 5.32 Å². The summed E-state index contributed by atoms with van der Waals surface area (Å²) in [6, 6.07) is 0.415. The van der Waals surface area contributed by atoms with Gasteiger partial charge >= 0.3 is 5.97 Å². The number of nitrogens with one attached hydrogen (secondary N) is 1. The number of aliphatic carboxylic acids is 1. The molecule has 0 aromatic heterocycles. The van der Waals surface area contributed by atoms with E-state index in [1.54, 1.807) is 0 Å². The molecule has 3 unspecified atom stereocenters. The van der Waals surface area contributed by atoms with Crippen LogP contribution in [0.1, 0.15) is 32.1 Å². The van der Waals surface area contributed by atoms with Crippen LogP contribution in [0.5, 0.6) is 0 Å². The quantitative estimate of drug-likeness (QED) is 0.774. The Morgan fingerprint density at radius 1 is 1.22 bits per heavy atom. The zero-order chi connectivity index (χ0) is 13.1. The topological polar surface area (TPSA) is 69.6 Å². The van der Waals surface area contributed by atoms with E-state index >= 15 is 0 Å². The van der Waals surface area contributed by atoms with Gasteiger partial charge in [-0.1, -0.05) is 6.42 Å². The fourth-order valence-electron chi connectivity index (χ4n) is 3.16. The molecule has 0 aromatic rings. The van der Waals surface area contributed by atoms with E-state index in [1.165, 1.54) is 6.42 Å². The van der Waals surface area contributed by atoms with Crippen molar-refractivity contribution in [2.75, 3.05) is 20.1 Å². The highest BCUT2D eigenvalue weighted by atomic mass is 16.4. The minimum absolute atomic E-state index is 0.0693. The number of carbonyl (C=O) groups excluding carboxylic acids is 1. The number of likely N-dealkylation sites (N-methyl/N-ethyl adjacent to an activating group) is 1. The smallest absolute Gasteiger partial charge is 0.307 e. The third-order valence-corrected chi connectivity index (χ3v) is 4.35. The second-order valence-electron chi connectivity index (χ2n) is 5.50. The van der Waals surface area contributed by atoms with Crippen molar-refractivity contribution >= 4 is 11.9 Å². The van der Waals surface area contributed by atoms with Gasteiger partial charge in [0, 0.05) is 12.6 Å². The summed E-state index contributed by atoms with van der Waals surface area (Å²) in [6.07, 6.45) is 4.49. The van der Waals surface area contributed by atoms with E-state index in [2.05, 4.69) is 17.3 Å². The average Bonchev–Trinajstić information content (AvgIpc) is 2.94. The molecule has 5 nitrogen and oxygen atoms in total. The van der Waals surface area contributed by atoms with Crippen LogP contribution >= 0.6 is 0 Å². The Hall–Kier alpha value is -1.10. The van der Waals surface area contributed by atoms with E-state index in [4.69, 9.17) is 5.11 Å². The first kappa shape index (κ1) is 13.3. The highest BCUT2D eigenvalue weighted by molar-refractivity contribution is 5.85. The van der Waals surface area contributed by atoms with Crippen LogP contribution in [0.25, 0.3) is 0 Å². The maximum absolute atomic E-state index is 12.0. The molecule has 0 radical (unpaired) electrons. The molecule has 1 aliphatic heterocycles. The highest BCUT2D eigenvalue weighted by Gasteiger charge is 2.37. The summed E-state index contributed by atoms with van der Waals surface area (Å²) in [5.74, 6) is -1.70. The van der Waals surface area contributed by atoms with E-state index < -0.39 is 11.9 Å². The molecule has 1 saturated heterocycles. The van der Waals surface area contributed by atoms with Crippen LogP contribution in [0, 0.1) is 11.8 Å². The predicted molar refractivity (Wildman–Crippen MR) is 67.1 cm³/mol. The standard InChI is InChI=1S/C13H22N2O3/c1-15-7-3-4-9(15)8-14-12(16)10-5-2-6-11(10)13(17)18/h9-11H,2-8H2,1H3,(H,14,16)(H,17,18). The Labute approximate surface area is 108 Å². The molecule has 102 valence electrons. The van der Waals surface area contributed by atoms with Crippen LogP contribution in [0.15, 0.2) is 0 Å². The van der Waals surface area contributed by atoms with Gasteiger partial charge in [0.1, 0.15) is 0 Å². The van der Waals surface area contributed by atoms with Crippen LogP contribution in [0.3, 0.4) is 0 Å². The summed E-state index contributed by atoms with van der Waals surface area (Å²) in [6.45, 7) is 1.74. The van der Waals surface area contributed by atoms with Gasteiger partial charge in [-0.2, -0.15) is 0 Å². The first-order chi connectivity index (χ1) is 8.59. The SMILES string of the molecule is CN1CCCC1CNC(=O)C1CCCC1C(=O)O. The normalized spacial score (nSPS) is 32.6. The van der Waals surface area contributed by atoms with Crippen LogP contribution in [-0.4, -0.2) is 48.1 Å². The molecule has 1 saturated carbocycles. The van der Waals surface area contributed by atoms with Crippen molar-refractivity contribution in [3.63, 3.8) is 0 Å². The van der Waals surface area contributed by atoms with Gasteiger partial charge in [0.15, 0.2) is 0 Å². The fourth-order valence-corrected chi connectivity index (χ4v) is 3.16. The molecule has 2 aliphatic rings. The van der Waals surface area contributed by atoms with E-state index in [9.17, 15) is 9.59 Å². The third-order valence-electron chi connectivity index (χ3n) is 4.35. The molecule has 2 N–H and O–H groups in total. The maximum Gasteiger partial charge on any atom is 0.307 e. The number of hydrogen-bond donors (Lipinski definition) is 2. The summed E-state index contributed by atoms with van der Waals surface area (Å²) >= 11 is 0. The van der Waals surface area contributed by atoms with E-state index in [-0.39, 0.29) is 11.8 Å². The number of carboxylic acid groups (broad SMARTS) is 1. The van der Waals surface area contributed by atoms with Gasteiger partial charge in [0.2, 0.25) is 5.91 Å². The lowest BCUT2D eigenvalue weighted by molar-refractivity contribution is -0.146. The molecule has 3 atom stereocenters. The number of carboxylic acids is 1. The monoisotopic (exact) mass is 254 g/mol. The molecular formula is C13H22N2O3. The number of rotatable bonds is 4. The zero-order valence-electron chi connectivity index (χ0n) is 10.9. The molecule has 18 heavy (non-hydrogen) atoms.